The molecule has 150 valence electrons. The molecule has 3 rings (SSSR count). The summed E-state index contributed by atoms with van der Waals surface area (Å²) < 4.78 is 16.6. The van der Waals surface area contributed by atoms with Gasteiger partial charge in [-0.05, 0) is 35.7 Å². The minimum Gasteiger partial charge on any atom is -0.493 e. The van der Waals surface area contributed by atoms with Gasteiger partial charge in [-0.25, -0.2) is 0 Å². The van der Waals surface area contributed by atoms with Gasteiger partial charge in [-0.1, -0.05) is 32.0 Å². The van der Waals surface area contributed by atoms with Gasteiger partial charge in [0.05, 0.1) is 25.9 Å². The Morgan fingerprint density at radius 1 is 1.11 bits per heavy atom. The number of amides is 1. The highest BCUT2D eigenvalue weighted by Gasteiger charge is 2.33. The Kier molecular flexibility index (Phi) is 6.41. The van der Waals surface area contributed by atoms with Crippen molar-refractivity contribution in [1.29, 1.82) is 0 Å². The van der Waals surface area contributed by atoms with Gasteiger partial charge in [-0.3, -0.25) is 4.79 Å². The van der Waals surface area contributed by atoms with Crippen molar-refractivity contribution in [3.63, 3.8) is 0 Å². The predicted octanol–water partition coefficient (Wildman–Crippen LogP) is 3.94. The number of nitrogens with zero attached hydrogens (tertiary/aromatic N) is 1. The first-order valence-electron chi connectivity index (χ1n) is 9.51. The topological polar surface area (TPSA) is 60.0 Å². The summed E-state index contributed by atoms with van der Waals surface area (Å²) >= 11 is 0. The van der Waals surface area contributed by atoms with Crippen molar-refractivity contribution in [2.24, 2.45) is 5.92 Å². The van der Waals surface area contributed by atoms with Gasteiger partial charge < -0.3 is 24.4 Å². The van der Waals surface area contributed by atoms with Crippen LogP contribution in [-0.4, -0.2) is 44.8 Å². The second kappa shape index (κ2) is 8.97. The lowest BCUT2D eigenvalue weighted by Gasteiger charge is -2.38. The van der Waals surface area contributed by atoms with Gasteiger partial charge in [0.15, 0.2) is 11.5 Å². The molecule has 28 heavy (non-hydrogen) atoms. The number of carbonyl (C=O) groups is 1. The van der Waals surface area contributed by atoms with Crippen molar-refractivity contribution in [1.82, 2.24) is 4.90 Å². The Morgan fingerprint density at radius 3 is 2.61 bits per heavy atom. The van der Waals surface area contributed by atoms with Crippen molar-refractivity contribution in [3.05, 3.63) is 53.6 Å². The maximum Gasteiger partial charge on any atom is 0.257 e. The summed E-state index contributed by atoms with van der Waals surface area (Å²) in [5, 5.41) is 3.48. The summed E-state index contributed by atoms with van der Waals surface area (Å²) in [6.07, 6.45) is -0.314. The van der Waals surface area contributed by atoms with Gasteiger partial charge in [0.1, 0.15) is 6.17 Å². The van der Waals surface area contributed by atoms with Crippen LogP contribution in [-0.2, 0) is 4.74 Å². The second-order valence-corrected chi connectivity index (χ2v) is 7.20. The van der Waals surface area contributed by atoms with E-state index in [-0.39, 0.29) is 12.1 Å². The summed E-state index contributed by atoms with van der Waals surface area (Å²) in [6.45, 7) is 5.75. The molecule has 2 aromatic rings. The molecular weight excluding hydrogens is 356 g/mol. The average Bonchev–Trinajstić information content (AvgIpc) is 2.71. The molecule has 0 saturated heterocycles. The van der Waals surface area contributed by atoms with Crippen LogP contribution in [0.25, 0.3) is 0 Å². The van der Waals surface area contributed by atoms with Gasteiger partial charge in [-0.15, -0.1) is 0 Å². The molecule has 0 radical (unpaired) electrons. The maximum absolute atomic E-state index is 13.1. The van der Waals surface area contributed by atoms with Crippen LogP contribution in [0.2, 0.25) is 0 Å². The van der Waals surface area contributed by atoms with Crippen LogP contribution in [0.5, 0.6) is 11.5 Å². The molecule has 6 heteroatoms. The van der Waals surface area contributed by atoms with Crippen LogP contribution in [0, 0.1) is 5.92 Å². The Morgan fingerprint density at radius 2 is 1.89 bits per heavy atom. The monoisotopic (exact) mass is 384 g/mol. The number of hydrogen-bond donors (Lipinski definition) is 1. The van der Waals surface area contributed by atoms with E-state index in [2.05, 4.69) is 19.2 Å². The van der Waals surface area contributed by atoms with Crippen molar-refractivity contribution in [2.45, 2.75) is 20.0 Å². The average molecular weight is 384 g/mol. The van der Waals surface area contributed by atoms with E-state index < -0.39 is 0 Å². The maximum atomic E-state index is 13.1. The standard InChI is InChI=1S/C22H28N2O4/c1-15(2)14-28-19-10-9-16(13-20(19)27-4)21-23-18-8-6-5-7-17(18)22(25)24(21)11-12-26-3/h5-10,13,15,21,23H,11-12,14H2,1-4H3. The summed E-state index contributed by atoms with van der Waals surface area (Å²) in [4.78, 5) is 14.9. The predicted molar refractivity (Wildman–Crippen MR) is 109 cm³/mol. The van der Waals surface area contributed by atoms with E-state index in [4.69, 9.17) is 14.2 Å². The molecule has 0 bridgehead atoms. The molecule has 1 atom stereocenters. The van der Waals surface area contributed by atoms with E-state index in [1.807, 2.05) is 42.5 Å². The third kappa shape index (κ3) is 4.22. The fourth-order valence-corrected chi connectivity index (χ4v) is 3.21. The zero-order chi connectivity index (χ0) is 20.1. The lowest BCUT2D eigenvalue weighted by atomic mass is 10.0. The van der Waals surface area contributed by atoms with Crippen LogP contribution in [0.4, 0.5) is 5.69 Å². The van der Waals surface area contributed by atoms with Gasteiger partial charge in [0.25, 0.3) is 5.91 Å². The van der Waals surface area contributed by atoms with Crippen LogP contribution in [0.15, 0.2) is 42.5 Å². The first kappa shape index (κ1) is 20.0. The van der Waals surface area contributed by atoms with Crippen molar-refractivity contribution >= 4 is 11.6 Å². The molecule has 0 saturated carbocycles. The highest BCUT2D eigenvalue weighted by molar-refractivity contribution is 6.01. The number of nitrogens with one attached hydrogen (secondary N) is 1. The smallest absolute Gasteiger partial charge is 0.257 e. The van der Waals surface area contributed by atoms with E-state index in [1.54, 1.807) is 19.1 Å². The van der Waals surface area contributed by atoms with Gasteiger partial charge in [0.2, 0.25) is 0 Å². The number of rotatable bonds is 8. The number of methoxy groups -OCH3 is 2. The third-order valence-electron chi connectivity index (χ3n) is 4.63. The molecule has 1 heterocycles. The highest BCUT2D eigenvalue weighted by atomic mass is 16.5. The number of fused-ring (bicyclic) bond motifs is 1. The second-order valence-electron chi connectivity index (χ2n) is 7.20. The van der Waals surface area contributed by atoms with Crippen LogP contribution < -0.4 is 14.8 Å². The molecule has 0 aliphatic carbocycles. The summed E-state index contributed by atoms with van der Waals surface area (Å²) in [5.74, 6) is 1.75. The minimum absolute atomic E-state index is 0.0181. The molecule has 1 aliphatic rings. The van der Waals surface area contributed by atoms with Crippen molar-refractivity contribution < 1.29 is 19.0 Å². The van der Waals surface area contributed by atoms with Crippen LogP contribution in [0.3, 0.4) is 0 Å². The zero-order valence-electron chi connectivity index (χ0n) is 16.9. The Balaban J connectivity index is 1.94. The molecular formula is C22H28N2O4. The minimum atomic E-state index is -0.314. The molecule has 1 N–H and O–H groups in total. The van der Waals surface area contributed by atoms with Gasteiger partial charge in [0, 0.05) is 19.3 Å². The number of benzene rings is 2. The molecule has 1 unspecified atom stereocenters. The van der Waals surface area contributed by atoms with E-state index in [0.717, 1.165) is 11.3 Å². The van der Waals surface area contributed by atoms with Gasteiger partial charge >= 0.3 is 0 Å². The quantitative estimate of drug-likeness (QED) is 0.747. The third-order valence-corrected chi connectivity index (χ3v) is 4.63. The molecule has 1 amide bonds. The van der Waals surface area contributed by atoms with Crippen molar-refractivity contribution in [3.8, 4) is 11.5 Å². The summed E-state index contributed by atoms with van der Waals surface area (Å²) in [6, 6.07) is 13.3. The highest BCUT2D eigenvalue weighted by Crippen LogP contribution is 2.36. The Labute approximate surface area is 166 Å². The molecule has 6 nitrogen and oxygen atoms in total. The summed E-state index contributed by atoms with van der Waals surface area (Å²) in [7, 11) is 3.26. The lowest BCUT2D eigenvalue weighted by Crippen LogP contribution is -2.44. The molecule has 0 aromatic heterocycles. The SMILES string of the molecule is COCCN1C(=O)c2ccccc2NC1c1ccc(OCC(C)C)c(OC)c1. The number of carbonyl (C=O) groups excluding carboxylic acids is 1. The van der Waals surface area contributed by atoms with Crippen molar-refractivity contribution in [2.75, 3.05) is 39.3 Å². The van der Waals surface area contributed by atoms with E-state index in [1.165, 1.54) is 0 Å². The Bertz CT molecular complexity index is 822. The zero-order valence-corrected chi connectivity index (χ0v) is 16.9. The summed E-state index contributed by atoms with van der Waals surface area (Å²) in [5.41, 5.74) is 2.41. The molecule has 0 fully saturated rings. The fraction of sp³-hybridized carbons (Fsp3) is 0.409. The van der Waals surface area contributed by atoms with Crippen LogP contribution >= 0.6 is 0 Å². The van der Waals surface area contributed by atoms with E-state index in [0.29, 0.717) is 42.7 Å². The van der Waals surface area contributed by atoms with Gasteiger partial charge in [-0.2, -0.15) is 0 Å². The first-order chi connectivity index (χ1) is 13.5. The van der Waals surface area contributed by atoms with E-state index >= 15 is 0 Å². The normalized spacial score (nSPS) is 16.0. The van der Waals surface area contributed by atoms with Crippen LogP contribution in [0.1, 0.15) is 35.9 Å². The lowest BCUT2D eigenvalue weighted by molar-refractivity contribution is 0.0609. The number of anilines is 1. The molecule has 2 aromatic carbocycles. The molecule has 0 spiro atoms. The number of ether oxygens (including phenoxy) is 3. The number of hydrogen-bond acceptors (Lipinski definition) is 5. The Hall–Kier alpha value is -2.73. The number of para-hydroxylation sites is 1. The molecule has 1 aliphatic heterocycles. The largest absolute Gasteiger partial charge is 0.493 e. The first-order valence-corrected chi connectivity index (χ1v) is 9.51. The van der Waals surface area contributed by atoms with E-state index in [9.17, 15) is 4.79 Å². The fourth-order valence-electron chi connectivity index (χ4n) is 3.21.